The van der Waals surface area contributed by atoms with Crippen molar-refractivity contribution in [1.82, 2.24) is 0 Å². The van der Waals surface area contributed by atoms with E-state index < -0.39 is 0 Å². The molecule has 0 spiro atoms. The first kappa shape index (κ1) is 9.29. The van der Waals surface area contributed by atoms with E-state index in [2.05, 4.69) is 30.5 Å². The SMILES string of the molecule is CC1CC(c2cccs2)=CC(Cl)C1. The molecule has 1 aromatic rings. The fraction of sp³-hybridized carbons (Fsp3) is 0.455. The van der Waals surface area contributed by atoms with Gasteiger partial charge in [0.05, 0.1) is 5.38 Å². The molecule has 0 aliphatic heterocycles. The molecule has 0 saturated heterocycles. The fourth-order valence-corrected chi connectivity index (χ4v) is 3.06. The van der Waals surface area contributed by atoms with E-state index in [0.29, 0.717) is 0 Å². The number of hydrogen-bond donors (Lipinski definition) is 0. The molecule has 1 aromatic heterocycles. The maximum atomic E-state index is 6.15. The third-order valence-corrected chi connectivity index (χ3v) is 3.67. The van der Waals surface area contributed by atoms with Gasteiger partial charge in [-0.15, -0.1) is 22.9 Å². The van der Waals surface area contributed by atoms with Gasteiger partial charge in [-0.05, 0) is 35.8 Å². The molecule has 0 N–H and O–H groups in total. The Morgan fingerprint density at radius 1 is 1.54 bits per heavy atom. The second-order valence-electron chi connectivity index (χ2n) is 3.73. The first-order valence-corrected chi connectivity index (χ1v) is 5.96. The molecule has 0 amide bonds. The van der Waals surface area contributed by atoms with Crippen LogP contribution in [0.2, 0.25) is 0 Å². The normalized spacial score (nSPS) is 28.6. The number of thiophene rings is 1. The zero-order valence-corrected chi connectivity index (χ0v) is 9.24. The summed E-state index contributed by atoms with van der Waals surface area (Å²) >= 11 is 7.96. The number of hydrogen-bond acceptors (Lipinski definition) is 1. The number of halogens is 1. The highest BCUT2D eigenvalue weighted by atomic mass is 35.5. The van der Waals surface area contributed by atoms with Crippen molar-refractivity contribution in [1.29, 1.82) is 0 Å². The minimum absolute atomic E-state index is 0.237. The van der Waals surface area contributed by atoms with Crippen molar-refractivity contribution in [3.05, 3.63) is 28.5 Å². The Kier molecular flexibility index (Phi) is 2.75. The predicted octanol–water partition coefficient (Wildman–Crippen LogP) is 4.17. The van der Waals surface area contributed by atoms with Crippen LogP contribution in [0.25, 0.3) is 5.57 Å². The molecule has 70 valence electrons. The van der Waals surface area contributed by atoms with Gasteiger partial charge in [-0.2, -0.15) is 0 Å². The monoisotopic (exact) mass is 212 g/mol. The first-order chi connectivity index (χ1) is 6.25. The molecule has 0 nitrogen and oxygen atoms in total. The lowest BCUT2D eigenvalue weighted by atomic mass is 9.89. The van der Waals surface area contributed by atoms with Crippen LogP contribution in [0.4, 0.5) is 0 Å². The zero-order chi connectivity index (χ0) is 9.26. The number of rotatable bonds is 1. The van der Waals surface area contributed by atoms with E-state index in [9.17, 15) is 0 Å². The van der Waals surface area contributed by atoms with Gasteiger partial charge in [0.1, 0.15) is 0 Å². The van der Waals surface area contributed by atoms with Crippen LogP contribution in [0.5, 0.6) is 0 Å². The molecule has 2 rings (SSSR count). The summed E-state index contributed by atoms with van der Waals surface area (Å²) in [5, 5.41) is 2.36. The fourth-order valence-electron chi connectivity index (χ4n) is 1.84. The minimum atomic E-state index is 0.237. The predicted molar refractivity (Wildman–Crippen MR) is 60.3 cm³/mol. The van der Waals surface area contributed by atoms with E-state index in [1.807, 2.05) is 0 Å². The summed E-state index contributed by atoms with van der Waals surface area (Å²) in [6, 6.07) is 4.28. The topological polar surface area (TPSA) is 0 Å². The van der Waals surface area contributed by atoms with Crippen LogP contribution < -0.4 is 0 Å². The van der Waals surface area contributed by atoms with Gasteiger partial charge in [0.15, 0.2) is 0 Å². The van der Waals surface area contributed by atoms with Crippen molar-refractivity contribution in [3.63, 3.8) is 0 Å². The van der Waals surface area contributed by atoms with Crippen molar-refractivity contribution >= 4 is 28.5 Å². The minimum Gasteiger partial charge on any atom is -0.144 e. The van der Waals surface area contributed by atoms with Gasteiger partial charge in [-0.3, -0.25) is 0 Å². The summed E-state index contributed by atoms with van der Waals surface area (Å²) in [6.07, 6.45) is 4.52. The first-order valence-electron chi connectivity index (χ1n) is 4.64. The van der Waals surface area contributed by atoms with Crippen LogP contribution >= 0.6 is 22.9 Å². The van der Waals surface area contributed by atoms with Crippen LogP contribution in [-0.2, 0) is 0 Å². The summed E-state index contributed by atoms with van der Waals surface area (Å²) < 4.78 is 0. The van der Waals surface area contributed by atoms with E-state index in [1.54, 1.807) is 11.3 Å². The van der Waals surface area contributed by atoms with Gasteiger partial charge in [0.25, 0.3) is 0 Å². The lowest BCUT2D eigenvalue weighted by molar-refractivity contribution is 0.541. The lowest BCUT2D eigenvalue weighted by Crippen LogP contribution is -2.10. The molecular weight excluding hydrogens is 200 g/mol. The van der Waals surface area contributed by atoms with Gasteiger partial charge in [-0.1, -0.05) is 19.1 Å². The van der Waals surface area contributed by atoms with Crippen LogP contribution in [0.1, 0.15) is 24.6 Å². The molecule has 0 aromatic carbocycles. The van der Waals surface area contributed by atoms with Gasteiger partial charge >= 0.3 is 0 Å². The molecule has 0 saturated carbocycles. The molecule has 1 aliphatic carbocycles. The summed E-state index contributed by atoms with van der Waals surface area (Å²) in [5.41, 5.74) is 1.44. The molecule has 2 unspecified atom stereocenters. The average Bonchev–Trinajstić information content (AvgIpc) is 2.53. The van der Waals surface area contributed by atoms with E-state index >= 15 is 0 Å². The van der Waals surface area contributed by atoms with Crippen molar-refractivity contribution < 1.29 is 0 Å². The van der Waals surface area contributed by atoms with E-state index in [-0.39, 0.29) is 5.38 Å². The van der Waals surface area contributed by atoms with E-state index in [4.69, 9.17) is 11.6 Å². The van der Waals surface area contributed by atoms with Crippen LogP contribution in [0.3, 0.4) is 0 Å². The molecule has 0 fully saturated rings. The Morgan fingerprint density at radius 3 is 3.00 bits per heavy atom. The van der Waals surface area contributed by atoms with Crippen LogP contribution in [0, 0.1) is 5.92 Å². The second-order valence-corrected chi connectivity index (χ2v) is 5.24. The maximum absolute atomic E-state index is 6.15. The van der Waals surface area contributed by atoms with Crippen LogP contribution in [0.15, 0.2) is 23.6 Å². The number of alkyl halides is 1. The maximum Gasteiger partial charge on any atom is 0.0524 e. The van der Waals surface area contributed by atoms with Gasteiger partial charge < -0.3 is 0 Å². The third kappa shape index (κ3) is 2.15. The Hall–Kier alpha value is -0.270. The lowest BCUT2D eigenvalue weighted by Gasteiger charge is -2.21. The molecule has 2 heteroatoms. The van der Waals surface area contributed by atoms with E-state index in [1.165, 1.54) is 16.9 Å². The molecular formula is C11H13ClS. The molecule has 2 atom stereocenters. The molecule has 13 heavy (non-hydrogen) atoms. The average molecular weight is 213 g/mol. The Balaban J connectivity index is 2.24. The largest absolute Gasteiger partial charge is 0.144 e. The highest BCUT2D eigenvalue weighted by Gasteiger charge is 2.18. The van der Waals surface area contributed by atoms with Crippen molar-refractivity contribution in [3.8, 4) is 0 Å². The number of allylic oxidation sites excluding steroid dienone is 2. The zero-order valence-electron chi connectivity index (χ0n) is 7.66. The van der Waals surface area contributed by atoms with Gasteiger partial charge in [0, 0.05) is 4.88 Å². The summed E-state index contributed by atoms with van der Waals surface area (Å²) in [5.74, 6) is 0.726. The molecule has 0 radical (unpaired) electrons. The Labute approximate surface area is 88.2 Å². The van der Waals surface area contributed by atoms with Gasteiger partial charge in [0.2, 0.25) is 0 Å². The molecule has 0 bridgehead atoms. The quantitative estimate of drug-likeness (QED) is 0.613. The van der Waals surface area contributed by atoms with Gasteiger partial charge in [-0.25, -0.2) is 0 Å². The summed E-state index contributed by atoms with van der Waals surface area (Å²) in [4.78, 5) is 1.39. The second kappa shape index (κ2) is 3.85. The standard InChI is InChI=1S/C11H13ClS/c1-8-5-9(7-10(12)6-8)11-3-2-4-13-11/h2-4,7-8,10H,5-6H2,1H3. The highest BCUT2D eigenvalue weighted by molar-refractivity contribution is 7.11. The van der Waals surface area contributed by atoms with Crippen molar-refractivity contribution in [2.24, 2.45) is 5.92 Å². The molecule has 1 heterocycles. The van der Waals surface area contributed by atoms with Crippen LogP contribution in [-0.4, -0.2) is 5.38 Å². The van der Waals surface area contributed by atoms with Crippen molar-refractivity contribution in [2.75, 3.05) is 0 Å². The third-order valence-electron chi connectivity index (χ3n) is 2.42. The summed E-state index contributed by atoms with van der Waals surface area (Å²) in [7, 11) is 0. The van der Waals surface area contributed by atoms with Crippen molar-refractivity contribution in [2.45, 2.75) is 25.1 Å². The molecule has 1 aliphatic rings. The summed E-state index contributed by atoms with van der Waals surface area (Å²) in [6.45, 7) is 2.27. The smallest absolute Gasteiger partial charge is 0.0524 e. The van der Waals surface area contributed by atoms with E-state index in [0.717, 1.165) is 12.3 Å². The Morgan fingerprint density at radius 2 is 2.38 bits per heavy atom. The Bertz CT molecular complexity index is 300. The highest BCUT2D eigenvalue weighted by Crippen LogP contribution is 2.34.